The zero-order valence-electron chi connectivity index (χ0n) is 9.01. The van der Waals surface area contributed by atoms with E-state index in [9.17, 15) is 10.1 Å². The highest BCUT2D eigenvalue weighted by atomic mass is 32.2. The van der Waals surface area contributed by atoms with Gasteiger partial charge in [0.1, 0.15) is 6.20 Å². The summed E-state index contributed by atoms with van der Waals surface area (Å²) in [5, 5.41) is 11.1. The van der Waals surface area contributed by atoms with Crippen molar-refractivity contribution < 1.29 is 4.92 Å². The maximum absolute atomic E-state index is 10.7. The van der Waals surface area contributed by atoms with Crippen LogP contribution in [0.3, 0.4) is 0 Å². The summed E-state index contributed by atoms with van der Waals surface area (Å²) in [6.45, 7) is 4.06. The standard InChI is InChI=1S/C8H13N5O2S/c1-5(2)4-16-7-6(13(14)15)3-10-8(11-7)12-9/h3,5H,4,9H2,1-2H3,(H,10,11,12). The summed E-state index contributed by atoms with van der Waals surface area (Å²) in [5.74, 6) is 6.50. The van der Waals surface area contributed by atoms with Crippen LogP contribution in [0.2, 0.25) is 0 Å². The molecule has 0 unspecified atom stereocenters. The second-order valence-electron chi connectivity index (χ2n) is 3.49. The monoisotopic (exact) mass is 243 g/mol. The SMILES string of the molecule is CC(C)CSc1nc(NN)ncc1[N+](=O)[O-]. The van der Waals surface area contributed by atoms with Crippen molar-refractivity contribution in [1.29, 1.82) is 0 Å². The highest BCUT2D eigenvalue weighted by Crippen LogP contribution is 2.28. The lowest BCUT2D eigenvalue weighted by Gasteiger charge is -2.05. The summed E-state index contributed by atoms with van der Waals surface area (Å²) in [4.78, 5) is 17.9. The van der Waals surface area contributed by atoms with Crippen LogP contribution in [-0.2, 0) is 0 Å². The molecule has 16 heavy (non-hydrogen) atoms. The molecule has 0 aliphatic heterocycles. The highest BCUT2D eigenvalue weighted by Gasteiger charge is 2.17. The third-order valence-electron chi connectivity index (χ3n) is 1.61. The zero-order valence-corrected chi connectivity index (χ0v) is 9.82. The van der Waals surface area contributed by atoms with E-state index >= 15 is 0 Å². The quantitative estimate of drug-likeness (QED) is 0.265. The first kappa shape index (κ1) is 12.7. The van der Waals surface area contributed by atoms with Crippen LogP contribution in [0.4, 0.5) is 11.6 Å². The molecule has 0 aliphatic carbocycles. The topological polar surface area (TPSA) is 107 Å². The maximum Gasteiger partial charge on any atom is 0.319 e. The van der Waals surface area contributed by atoms with Gasteiger partial charge < -0.3 is 0 Å². The molecule has 7 nitrogen and oxygen atoms in total. The van der Waals surface area contributed by atoms with Crippen molar-refractivity contribution in [3.8, 4) is 0 Å². The first-order valence-electron chi connectivity index (χ1n) is 4.65. The second kappa shape index (κ2) is 5.61. The van der Waals surface area contributed by atoms with Crippen molar-refractivity contribution in [2.24, 2.45) is 11.8 Å². The van der Waals surface area contributed by atoms with E-state index < -0.39 is 4.92 Å². The molecule has 0 amide bonds. The van der Waals surface area contributed by atoms with Crippen LogP contribution in [0.25, 0.3) is 0 Å². The van der Waals surface area contributed by atoms with Crippen LogP contribution in [0, 0.1) is 16.0 Å². The number of nitrogens with two attached hydrogens (primary N) is 1. The Morgan fingerprint density at radius 3 is 2.88 bits per heavy atom. The minimum Gasteiger partial charge on any atom is -0.292 e. The normalized spacial score (nSPS) is 10.5. The lowest BCUT2D eigenvalue weighted by Crippen LogP contribution is -2.11. The first-order chi connectivity index (χ1) is 7.54. The molecule has 0 fully saturated rings. The number of anilines is 1. The summed E-state index contributed by atoms with van der Waals surface area (Å²) in [5.41, 5.74) is 2.17. The molecule has 88 valence electrons. The minimum absolute atomic E-state index is 0.0929. The molecule has 0 radical (unpaired) electrons. The van der Waals surface area contributed by atoms with Crippen molar-refractivity contribution in [2.45, 2.75) is 18.9 Å². The molecule has 0 saturated heterocycles. The molecule has 1 heterocycles. The number of hydrazine groups is 1. The summed E-state index contributed by atoms with van der Waals surface area (Å²) in [7, 11) is 0. The predicted molar refractivity (Wildman–Crippen MR) is 62.1 cm³/mol. The van der Waals surface area contributed by atoms with Crippen molar-refractivity contribution in [1.82, 2.24) is 9.97 Å². The van der Waals surface area contributed by atoms with E-state index in [0.29, 0.717) is 10.9 Å². The van der Waals surface area contributed by atoms with Crippen LogP contribution in [0.5, 0.6) is 0 Å². The number of nitro groups is 1. The number of rotatable bonds is 5. The van der Waals surface area contributed by atoms with E-state index in [-0.39, 0.29) is 11.6 Å². The van der Waals surface area contributed by atoms with Gasteiger partial charge in [0.2, 0.25) is 5.95 Å². The highest BCUT2D eigenvalue weighted by molar-refractivity contribution is 7.99. The smallest absolute Gasteiger partial charge is 0.292 e. The Bertz CT molecular complexity index is 385. The van der Waals surface area contributed by atoms with Gasteiger partial charge in [-0.05, 0) is 5.92 Å². The Balaban J connectivity index is 2.96. The van der Waals surface area contributed by atoms with Gasteiger partial charge in [-0.25, -0.2) is 10.8 Å². The summed E-state index contributed by atoms with van der Waals surface area (Å²) >= 11 is 1.32. The summed E-state index contributed by atoms with van der Waals surface area (Å²) in [6.07, 6.45) is 1.16. The van der Waals surface area contributed by atoms with Crippen LogP contribution < -0.4 is 11.3 Å². The molecule has 0 atom stereocenters. The zero-order chi connectivity index (χ0) is 12.1. The predicted octanol–water partition coefficient (Wildman–Crippen LogP) is 1.42. The molecule has 1 aromatic heterocycles. The van der Waals surface area contributed by atoms with Crippen molar-refractivity contribution in [2.75, 3.05) is 11.2 Å². The van der Waals surface area contributed by atoms with Gasteiger partial charge in [-0.1, -0.05) is 25.6 Å². The number of nitrogens with one attached hydrogen (secondary N) is 1. The number of hydrogen-bond donors (Lipinski definition) is 2. The lowest BCUT2D eigenvalue weighted by atomic mass is 10.3. The average molecular weight is 243 g/mol. The second-order valence-corrected chi connectivity index (χ2v) is 4.50. The Morgan fingerprint density at radius 2 is 2.38 bits per heavy atom. The molecule has 0 saturated carbocycles. The third kappa shape index (κ3) is 3.31. The Kier molecular flexibility index (Phi) is 4.44. The van der Waals surface area contributed by atoms with Crippen LogP contribution in [0.15, 0.2) is 11.2 Å². The molecule has 0 aliphatic rings. The van der Waals surface area contributed by atoms with Gasteiger partial charge in [0.25, 0.3) is 0 Å². The van der Waals surface area contributed by atoms with E-state index in [1.54, 1.807) is 0 Å². The number of thioether (sulfide) groups is 1. The van der Waals surface area contributed by atoms with Gasteiger partial charge in [-0.15, -0.1) is 0 Å². The fraction of sp³-hybridized carbons (Fsp3) is 0.500. The van der Waals surface area contributed by atoms with E-state index in [1.165, 1.54) is 11.8 Å². The number of nitrogen functional groups attached to an aromatic ring is 1. The van der Waals surface area contributed by atoms with Crippen molar-refractivity contribution in [3.05, 3.63) is 16.3 Å². The van der Waals surface area contributed by atoms with E-state index in [4.69, 9.17) is 5.84 Å². The van der Waals surface area contributed by atoms with Gasteiger partial charge in [0, 0.05) is 5.75 Å². The summed E-state index contributed by atoms with van der Waals surface area (Å²) < 4.78 is 0. The first-order valence-corrected chi connectivity index (χ1v) is 5.64. The lowest BCUT2D eigenvalue weighted by molar-refractivity contribution is -0.388. The molecule has 0 aromatic carbocycles. The van der Waals surface area contributed by atoms with Gasteiger partial charge in [-0.2, -0.15) is 4.98 Å². The molecular formula is C8H13N5O2S. The van der Waals surface area contributed by atoms with Gasteiger partial charge in [0.05, 0.1) is 4.92 Å². The van der Waals surface area contributed by atoms with Gasteiger partial charge in [-0.3, -0.25) is 15.5 Å². The van der Waals surface area contributed by atoms with Crippen molar-refractivity contribution >= 4 is 23.4 Å². The largest absolute Gasteiger partial charge is 0.319 e. The molecule has 8 heteroatoms. The van der Waals surface area contributed by atoms with E-state index in [2.05, 4.69) is 15.4 Å². The van der Waals surface area contributed by atoms with Gasteiger partial charge >= 0.3 is 5.69 Å². The maximum atomic E-state index is 10.7. The third-order valence-corrected chi connectivity index (χ3v) is 3.02. The Hall–Kier alpha value is -1.41. The molecule has 0 spiro atoms. The summed E-state index contributed by atoms with van der Waals surface area (Å²) in [6, 6.07) is 0. The Morgan fingerprint density at radius 1 is 1.69 bits per heavy atom. The minimum atomic E-state index is -0.497. The van der Waals surface area contributed by atoms with Crippen LogP contribution in [-0.4, -0.2) is 20.6 Å². The number of hydrogen-bond acceptors (Lipinski definition) is 7. The van der Waals surface area contributed by atoms with E-state index in [0.717, 1.165) is 11.9 Å². The number of aromatic nitrogens is 2. The van der Waals surface area contributed by atoms with E-state index in [1.807, 2.05) is 13.8 Å². The van der Waals surface area contributed by atoms with Crippen LogP contribution in [0.1, 0.15) is 13.8 Å². The molecule has 1 rings (SSSR count). The molecule has 3 N–H and O–H groups in total. The molecule has 1 aromatic rings. The Labute approximate surface area is 97.0 Å². The fourth-order valence-electron chi connectivity index (χ4n) is 0.906. The molecular weight excluding hydrogens is 230 g/mol. The number of nitrogens with zero attached hydrogens (tertiary/aromatic N) is 3. The van der Waals surface area contributed by atoms with Crippen LogP contribution >= 0.6 is 11.8 Å². The molecule has 0 bridgehead atoms. The fourth-order valence-corrected chi connectivity index (χ4v) is 1.82. The average Bonchev–Trinajstić information content (AvgIpc) is 2.25. The van der Waals surface area contributed by atoms with Crippen molar-refractivity contribution in [3.63, 3.8) is 0 Å². The van der Waals surface area contributed by atoms with Gasteiger partial charge in [0.15, 0.2) is 5.03 Å².